The van der Waals surface area contributed by atoms with Crippen molar-refractivity contribution in [3.05, 3.63) is 24.3 Å². The first-order valence-electron chi connectivity index (χ1n) is 5.99. The van der Waals surface area contributed by atoms with Crippen LogP contribution in [0.3, 0.4) is 0 Å². The SMILES string of the molecule is CCCOc1cccc(SC(=O)NC2CC2)c1. The molecule has 0 atom stereocenters. The molecule has 0 saturated heterocycles. The summed E-state index contributed by atoms with van der Waals surface area (Å²) in [5.41, 5.74) is 0. The third kappa shape index (κ3) is 4.30. The van der Waals surface area contributed by atoms with Gasteiger partial charge < -0.3 is 10.1 Å². The molecule has 0 heterocycles. The van der Waals surface area contributed by atoms with Crippen LogP contribution in [0.25, 0.3) is 0 Å². The predicted octanol–water partition coefficient (Wildman–Crippen LogP) is 3.44. The Hall–Kier alpha value is -1.16. The van der Waals surface area contributed by atoms with E-state index >= 15 is 0 Å². The number of thioether (sulfide) groups is 1. The molecule has 1 fully saturated rings. The van der Waals surface area contributed by atoms with E-state index in [1.165, 1.54) is 11.8 Å². The molecule has 1 saturated carbocycles. The molecule has 0 aliphatic heterocycles. The van der Waals surface area contributed by atoms with Crippen molar-refractivity contribution in [1.29, 1.82) is 0 Å². The second-order valence-corrected chi connectivity index (χ2v) is 5.18. The summed E-state index contributed by atoms with van der Waals surface area (Å²) in [7, 11) is 0. The summed E-state index contributed by atoms with van der Waals surface area (Å²) in [5, 5.41) is 2.98. The largest absolute Gasteiger partial charge is 0.494 e. The van der Waals surface area contributed by atoms with Crippen molar-refractivity contribution >= 4 is 17.0 Å². The molecule has 3 nitrogen and oxygen atoms in total. The van der Waals surface area contributed by atoms with Gasteiger partial charge in [-0.3, -0.25) is 4.79 Å². The minimum absolute atomic E-state index is 0.0279. The Morgan fingerprint density at radius 3 is 3.06 bits per heavy atom. The lowest BCUT2D eigenvalue weighted by Crippen LogP contribution is -2.20. The number of hydrogen-bond donors (Lipinski definition) is 1. The lowest BCUT2D eigenvalue weighted by atomic mass is 10.3. The molecule has 0 bridgehead atoms. The number of benzene rings is 1. The van der Waals surface area contributed by atoms with Crippen LogP contribution in [0.5, 0.6) is 5.75 Å². The van der Waals surface area contributed by atoms with Crippen molar-refractivity contribution in [2.45, 2.75) is 37.1 Å². The summed E-state index contributed by atoms with van der Waals surface area (Å²) in [6, 6.07) is 8.08. The summed E-state index contributed by atoms with van der Waals surface area (Å²) in [6.07, 6.45) is 3.22. The number of amides is 1. The fourth-order valence-electron chi connectivity index (χ4n) is 1.38. The average molecular weight is 251 g/mol. The van der Waals surface area contributed by atoms with E-state index in [-0.39, 0.29) is 5.24 Å². The van der Waals surface area contributed by atoms with Crippen molar-refractivity contribution in [2.75, 3.05) is 6.61 Å². The van der Waals surface area contributed by atoms with Gasteiger partial charge in [0, 0.05) is 10.9 Å². The van der Waals surface area contributed by atoms with E-state index in [4.69, 9.17) is 4.74 Å². The van der Waals surface area contributed by atoms with Crippen LogP contribution < -0.4 is 10.1 Å². The van der Waals surface area contributed by atoms with E-state index in [0.717, 1.165) is 29.9 Å². The summed E-state index contributed by atoms with van der Waals surface area (Å²) >= 11 is 1.23. The Morgan fingerprint density at radius 2 is 2.35 bits per heavy atom. The molecule has 1 aliphatic rings. The third-order valence-corrected chi connectivity index (χ3v) is 3.18. The molecule has 1 aromatic carbocycles. The molecule has 4 heteroatoms. The predicted molar refractivity (Wildman–Crippen MR) is 69.6 cm³/mol. The highest BCUT2D eigenvalue weighted by atomic mass is 32.2. The van der Waals surface area contributed by atoms with Crippen molar-refractivity contribution in [3.8, 4) is 5.75 Å². The van der Waals surface area contributed by atoms with Crippen LogP contribution in [0.1, 0.15) is 26.2 Å². The number of nitrogens with one attached hydrogen (secondary N) is 1. The third-order valence-electron chi connectivity index (χ3n) is 2.39. The molecular formula is C13H17NO2S. The van der Waals surface area contributed by atoms with Crippen LogP contribution in [0.4, 0.5) is 4.79 Å². The van der Waals surface area contributed by atoms with Gasteiger partial charge in [-0.25, -0.2) is 0 Å². The van der Waals surface area contributed by atoms with Crippen LogP contribution in [0, 0.1) is 0 Å². The Labute approximate surface area is 106 Å². The van der Waals surface area contributed by atoms with E-state index in [2.05, 4.69) is 12.2 Å². The smallest absolute Gasteiger partial charge is 0.284 e. The van der Waals surface area contributed by atoms with Gasteiger partial charge >= 0.3 is 0 Å². The Kier molecular flexibility index (Phi) is 4.31. The zero-order chi connectivity index (χ0) is 12.1. The van der Waals surface area contributed by atoms with Gasteiger partial charge in [0.1, 0.15) is 5.75 Å². The summed E-state index contributed by atoms with van der Waals surface area (Å²) in [6.45, 7) is 2.78. The van der Waals surface area contributed by atoms with Gasteiger partial charge in [-0.2, -0.15) is 0 Å². The quantitative estimate of drug-likeness (QED) is 0.815. The number of ether oxygens (including phenoxy) is 1. The molecule has 92 valence electrons. The van der Waals surface area contributed by atoms with Crippen molar-refractivity contribution in [2.24, 2.45) is 0 Å². The normalized spacial score (nSPS) is 14.4. The van der Waals surface area contributed by atoms with E-state index in [0.29, 0.717) is 12.6 Å². The van der Waals surface area contributed by atoms with Crippen molar-refractivity contribution in [3.63, 3.8) is 0 Å². The molecule has 0 radical (unpaired) electrons. The first-order chi connectivity index (χ1) is 8.28. The summed E-state index contributed by atoms with van der Waals surface area (Å²) in [4.78, 5) is 12.5. The first-order valence-corrected chi connectivity index (χ1v) is 6.81. The number of hydrogen-bond acceptors (Lipinski definition) is 3. The molecule has 2 rings (SSSR count). The highest BCUT2D eigenvalue weighted by Crippen LogP contribution is 2.26. The number of carbonyl (C=O) groups is 1. The molecule has 0 aromatic heterocycles. The Balaban J connectivity index is 1.87. The average Bonchev–Trinajstić information content (AvgIpc) is 3.10. The lowest BCUT2D eigenvalue weighted by Gasteiger charge is -2.06. The van der Waals surface area contributed by atoms with Crippen molar-refractivity contribution in [1.82, 2.24) is 5.32 Å². The highest BCUT2D eigenvalue weighted by molar-refractivity contribution is 8.13. The molecular weight excluding hydrogens is 234 g/mol. The topological polar surface area (TPSA) is 38.3 Å². The fourth-order valence-corrected chi connectivity index (χ4v) is 2.14. The van der Waals surface area contributed by atoms with Gasteiger partial charge in [0.15, 0.2) is 0 Å². The summed E-state index contributed by atoms with van der Waals surface area (Å²) in [5.74, 6) is 0.830. The monoisotopic (exact) mass is 251 g/mol. The number of rotatable bonds is 5. The molecule has 0 spiro atoms. The minimum atomic E-state index is 0.0279. The van der Waals surface area contributed by atoms with Crippen LogP contribution >= 0.6 is 11.8 Å². The van der Waals surface area contributed by atoms with Gasteiger partial charge in [0.05, 0.1) is 6.61 Å². The zero-order valence-electron chi connectivity index (χ0n) is 9.94. The maximum atomic E-state index is 11.6. The van der Waals surface area contributed by atoms with Gasteiger partial charge in [-0.1, -0.05) is 13.0 Å². The van der Waals surface area contributed by atoms with Crippen molar-refractivity contribution < 1.29 is 9.53 Å². The van der Waals surface area contributed by atoms with E-state index < -0.39 is 0 Å². The molecule has 1 aliphatic carbocycles. The van der Waals surface area contributed by atoms with Crippen LogP contribution in [0.2, 0.25) is 0 Å². The molecule has 1 N–H and O–H groups in total. The summed E-state index contributed by atoms with van der Waals surface area (Å²) < 4.78 is 5.53. The lowest BCUT2D eigenvalue weighted by molar-refractivity contribution is 0.260. The van der Waals surface area contributed by atoms with Crippen LogP contribution in [0.15, 0.2) is 29.2 Å². The maximum Gasteiger partial charge on any atom is 0.284 e. The van der Waals surface area contributed by atoms with E-state index in [1.54, 1.807) is 0 Å². The maximum absolute atomic E-state index is 11.6. The first kappa shape index (κ1) is 12.3. The molecule has 1 amide bonds. The second kappa shape index (κ2) is 5.96. The van der Waals surface area contributed by atoms with Gasteiger partial charge in [-0.15, -0.1) is 0 Å². The zero-order valence-corrected chi connectivity index (χ0v) is 10.8. The molecule has 17 heavy (non-hydrogen) atoms. The van der Waals surface area contributed by atoms with Gasteiger partial charge in [0.2, 0.25) is 0 Å². The highest BCUT2D eigenvalue weighted by Gasteiger charge is 2.23. The van der Waals surface area contributed by atoms with Crippen LogP contribution in [-0.4, -0.2) is 17.9 Å². The Bertz CT molecular complexity index is 391. The number of carbonyl (C=O) groups excluding carboxylic acids is 1. The van der Waals surface area contributed by atoms with Gasteiger partial charge in [-0.05, 0) is 49.2 Å². The minimum Gasteiger partial charge on any atom is -0.494 e. The van der Waals surface area contributed by atoms with Gasteiger partial charge in [0.25, 0.3) is 5.24 Å². The fraction of sp³-hybridized carbons (Fsp3) is 0.462. The Morgan fingerprint density at radius 1 is 1.53 bits per heavy atom. The second-order valence-electron chi connectivity index (χ2n) is 4.13. The van der Waals surface area contributed by atoms with E-state index in [9.17, 15) is 4.79 Å². The van der Waals surface area contributed by atoms with E-state index in [1.807, 2.05) is 24.3 Å². The van der Waals surface area contributed by atoms with Crippen LogP contribution in [-0.2, 0) is 0 Å². The molecule has 1 aromatic rings. The standard InChI is InChI=1S/C13H17NO2S/c1-2-8-16-11-4-3-5-12(9-11)17-13(15)14-10-6-7-10/h3-5,9-10H,2,6-8H2,1H3,(H,14,15). The molecule has 0 unspecified atom stereocenters.